The second kappa shape index (κ2) is 5.97. The average molecular weight is 348 g/mol. The van der Waals surface area contributed by atoms with E-state index in [4.69, 9.17) is 27.9 Å². The number of rotatable bonds is 3. The van der Waals surface area contributed by atoms with Gasteiger partial charge in [0.05, 0.1) is 16.8 Å². The molecule has 0 N–H and O–H groups in total. The number of halogens is 3. The zero-order chi connectivity index (χ0) is 13.1. The maximum absolute atomic E-state index is 6.06. The summed E-state index contributed by atoms with van der Waals surface area (Å²) >= 11 is 15.2. The van der Waals surface area contributed by atoms with Crippen molar-refractivity contribution in [3.05, 3.63) is 44.6 Å². The standard InChI is InChI=1S/C12H9BrCl2N2O/c1-18-6-9-10(13)11(15)17-12(16-9)7-2-4-8(14)5-3-7/h2-5H,6H2,1H3. The van der Waals surface area contributed by atoms with Crippen LogP contribution in [0.2, 0.25) is 10.2 Å². The SMILES string of the molecule is COCc1nc(-c2ccc(Cl)cc2)nc(Cl)c1Br. The fourth-order valence-corrected chi connectivity index (χ4v) is 2.03. The topological polar surface area (TPSA) is 35.0 Å². The molecule has 94 valence electrons. The van der Waals surface area contributed by atoms with Crippen LogP contribution in [0.1, 0.15) is 5.69 Å². The van der Waals surface area contributed by atoms with Crippen LogP contribution in [0.25, 0.3) is 11.4 Å². The van der Waals surface area contributed by atoms with Crippen molar-refractivity contribution in [3.63, 3.8) is 0 Å². The molecule has 0 aliphatic heterocycles. The Balaban J connectivity index is 2.48. The highest BCUT2D eigenvalue weighted by Crippen LogP contribution is 2.27. The second-order valence-electron chi connectivity index (χ2n) is 3.54. The molecule has 2 aromatic rings. The molecule has 1 aromatic carbocycles. The van der Waals surface area contributed by atoms with E-state index in [0.717, 1.165) is 5.56 Å². The van der Waals surface area contributed by atoms with Gasteiger partial charge in [0.2, 0.25) is 0 Å². The Morgan fingerprint density at radius 1 is 1.17 bits per heavy atom. The number of methoxy groups -OCH3 is 1. The van der Waals surface area contributed by atoms with Gasteiger partial charge in [-0.25, -0.2) is 9.97 Å². The van der Waals surface area contributed by atoms with Crippen LogP contribution >= 0.6 is 39.1 Å². The normalized spacial score (nSPS) is 10.7. The van der Waals surface area contributed by atoms with Gasteiger partial charge in [0.15, 0.2) is 5.82 Å². The van der Waals surface area contributed by atoms with Crippen LogP contribution in [-0.4, -0.2) is 17.1 Å². The zero-order valence-corrected chi connectivity index (χ0v) is 12.6. The third-order valence-electron chi connectivity index (χ3n) is 2.26. The summed E-state index contributed by atoms with van der Waals surface area (Å²) in [5.74, 6) is 0.548. The highest BCUT2D eigenvalue weighted by atomic mass is 79.9. The fourth-order valence-electron chi connectivity index (χ4n) is 1.42. The van der Waals surface area contributed by atoms with Crippen molar-refractivity contribution in [2.75, 3.05) is 7.11 Å². The number of aromatic nitrogens is 2. The van der Waals surface area contributed by atoms with E-state index in [0.29, 0.717) is 32.8 Å². The van der Waals surface area contributed by atoms with Gasteiger partial charge in [-0.2, -0.15) is 0 Å². The molecule has 0 spiro atoms. The minimum atomic E-state index is 0.363. The first kappa shape index (κ1) is 13.7. The second-order valence-corrected chi connectivity index (χ2v) is 5.13. The number of benzene rings is 1. The maximum Gasteiger partial charge on any atom is 0.161 e. The minimum absolute atomic E-state index is 0.363. The van der Waals surface area contributed by atoms with Crippen molar-refractivity contribution in [2.45, 2.75) is 6.61 Å². The van der Waals surface area contributed by atoms with Crippen LogP contribution < -0.4 is 0 Å². The summed E-state index contributed by atoms with van der Waals surface area (Å²) in [6.07, 6.45) is 0. The van der Waals surface area contributed by atoms with E-state index in [-0.39, 0.29) is 0 Å². The van der Waals surface area contributed by atoms with Crippen molar-refractivity contribution in [3.8, 4) is 11.4 Å². The molecule has 0 saturated heterocycles. The van der Waals surface area contributed by atoms with Gasteiger partial charge in [0.1, 0.15) is 5.15 Å². The highest BCUT2D eigenvalue weighted by Gasteiger charge is 2.11. The first-order chi connectivity index (χ1) is 8.61. The molecule has 0 unspecified atom stereocenters. The van der Waals surface area contributed by atoms with E-state index in [1.54, 1.807) is 19.2 Å². The van der Waals surface area contributed by atoms with Crippen molar-refractivity contribution in [1.29, 1.82) is 0 Å². The Morgan fingerprint density at radius 2 is 1.83 bits per heavy atom. The molecule has 1 heterocycles. The van der Waals surface area contributed by atoms with Crippen LogP contribution in [0.3, 0.4) is 0 Å². The van der Waals surface area contributed by atoms with Gasteiger partial charge in [-0.15, -0.1) is 0 Å². The molecular formula is C12H9BrCl2N2O. The van der Waals surface area contributed by atoms with Crippen LogP contribution in [0.4, 0.5) is 0 Å². The fraction of sp³-hybridized carbons (Fsp3) is 0.167. The quantitative estimate of drug-likeness (QED) is 0.774. The first-order valence-corrected chi connectivity index (χ1v) is 6.63. The lowest BCUT2D eigenvalue weighted by Crippen LogP contribution is -1.99. The lowest BCUT2D eigenvalue weighted by molar-refractivity contribution is 0.181. The van der Waals surface area contributed by atoms with Gasteiger partial charge in [-0.3, -0.25) is 0 Å². The van der Waals surface area contributed by atoms with E-state index in [2.05, 4.69) is 25.9 Å². The summed E-state index contributed by atoms with van der Waals surface area (Å²) in [5, 5.41) is 1.03. The Morgan fingerprint density at radius 3 is 2.44 bits per heavy atom. The van der Waals surface area contributed by atoms with Gasteiger partial charge in [-0.1, -0.05) is 23.2 Å². The first-order valence-electron chi connectivity index (χ1n) is 5.08. The summed E-state index contributed by atoms with van der Waals surface area (Å²) in [6, 6.07) is 7.26. The molecule has 0 radical (unpaired) electrons. The molecule has 1 aromatic heterocycles. The van der Waals surface area contributed by atoms with Gasteiger partial charge in [0, 0.05) is 17.7 Å². The van der Waals surface area contributed by atoms with E-state index in [9.17, 15) is 0 Å². The molecule has 0 aliphatic rings. The highest BCUT2D eigenvalue weighted by molar-refractivity contribution is 9.10. The average Bonchev–Trinajstić information content (AvgIpc) is 2.36. The molecular weight excluding hydrogens is 339 g/mol. The van der Waals surface area contributed by atoms with Gasteiger partial charge in [0.25, 0.3) is 0 Å². The Kier molecular flexibility index (Phi) is 4.56. The summed E-state index contributed by atoms with van der Waals surface area (Å²) in [5.41, 5.74) is 1.56. The summed E-state index contributed by atoms with van der Waals surface area (Å²) in [4.78, 5) is 8.64. The number of hydrogen-bond acceptors (Lipinski definition) is 3. The molecule has 0 atom stereocenters. The van der Waals surface area contributed by atoms with Crippen molar-refractivity contribution >= 4 is 39.1 Å². The monoisotopic (exact) mass is 346 g/mol. The molecule has 0 aliphatic carbocycles. The molecule has 6 heteroatoms. The van der Waals surface area contributed by atoms with Gasteiger partial charge < -0.3 is 4.74 Å². The largest absolute Gasteiger partial charge is 0.378 e. The Hall–Kier alpha value is -0.680. The van der Waals surface area contributed by atoms with E-state index >= 15 is 0 Å². The zero-order valence-electron chi connectivity index (χ0n) is 9.45. The van der Waals surface area contributed by atoms with Crippen LogP contribution in [0, 0.1) is 0 Å². The summed E-state index contributed by atoms with van der Waals surface area (Å²) in [7, 11) is 1.60. The molecule has 0 bridgehead atoms. The van der Waals surface area contributed by atoms with Crippen molar-refractivity contribution in [2.24, 2.45) is 0 Å². The molecule has 18 heavy (non-hydrogen) atoms. The molecule has 0 saturated carbocycles. The van der Waals surface area contributed by atoms with Crippen LogP contribution in [0.15, 0.2) is 28.7 Å². The minimum Gasteiger partial charge on any atom is -0.378 e. The summed E-state index contributed by atoms with van der Waals surface area (Å²) in [6.45, 7) is 0.364. The lowest BCUT2D eigenvalue weighted by atomic mass is 10.2. The van der Waals surface area contributed by atoms with E-state index < -0.39 is 0 Å². The Labute approximate surface area is 123 Å². The lowest BCUT2D eigenvalue weighted by Gasteiger charge is -2.07. The van der Waals surface area contributed by atoms with E-state index in [1.165, 1.54) is 0 Å². The molecule has 0 amide bonds. The molecule has 0 fully saturated rings. The predicted octanol–water partition coefficient (Wildman–Crippen LogP) is 4.36. The third-order valence-corrected chi connectivity index (χ3v) is 3.85. The maximum atomic E-state index is 6.06. The Bertz CT molecular complexity index is 561. The van der Waals surface area contributed by atoms with Crippen molar-refractivity contribution < 1.29 is 4.74 Å². The number of hydrogen-bond donors (Lipinski definition) is 0. The van der Waals surface area contributed by atoms with Gasteiger partial charge in [-0.05, 0) is 40.2 Å². The van der Waals surface area contributed by atoms with Crippen LogP contribution in [0.5, 0.6) is 0 Å². The number of ether oxygens (including phenoxy) is 1. The van der Waals surface area contributed by atoms with Crippen molar-refractivity contribution in [1.82, 2.24) is 9.97 Å². The predicted molar refractivity (Wildman–Crippen MR) is 75.9 cm³/mol. The van der Waals surface area contributed by atoms with E-state index in [1.807, 2.05) is 12.1 Å². The van der Waals surface area contributed by atoms with Crippen LogP contribution in [-0.2, 0) is 11.3 Å². The number of nitrogens with zero attached hydrogens (tertiary/aromatic N) is 2. The van der Waals surface area contributed by atoms with Gasteiger partial charge >= 0.3 is 0 Å². The summed E-state index contributed by atoms with van der Waals surface area (Å²) < 4.78 is 5.73. The third kappa shape index (κ3) is 3.01. The smallest absolute Gasteiger partial charge is 0.161 e. The molecule has 2 rings (SSSR count). The molecule has 3 nitrogen and oxygen atoms in total.